The van der Waals surface area contributed by atoms with Crippen molar-refractivity contribution in [1.29, 1.82) is 0 Å². The van der Waals surface area contributed by atoms with Gasteiger partial charge in [-0.05, 0) is 25.0 Å². The van der Waals surface area contributed by atoms with Gasteiger partial charge in [0.25, 0.3) is 0 Å². The van der Waals surface area contributed by atoms with E-state index in [1.54, 1.807) is 12.1 Å². The van der Waals surface area contributed by atoms with Crippen LogP contribution in [0.3, 0.4) is 0 Å². The van der Waals surface area contributed by atoms with Gasteiger partial charge in [-0.15, -0.1) is 0 Å². The first kappa shape index (κ1) is 21.8. The Morgan fingerprint density at radius 1 is 0.760 bits per heavy atom. The molecule has 0 aromatic heterocycles. The van der Waals surface area contributed by atoms with Gasteiger partial charge in [-0.3, -0.25) is 0 Å². The van der Waals surface area contributed by atoms with Crippen molar-refractivity contribution in [2.45, 2.75) is 84.3 Å². The highest BCUT2D eigenvalue weighted by Gasteiger charge is 2.18. The predicted octanol–water partition coefficient (Wildman–Crippen LogP) is 6.07. The minimum Gasteiger partial charge on any atom is -0.504 e. The van der Waals surface area contributed by atoms with Crippen LogP contribution in [0.25, 0.3) is 0 Å². The zero-order valence-electron chi connectivity index (χ0n) is 16.0. The van der Waals surface area contributed by atoms with E-state index in [-0.39, 0.29) is 11.5 Å². The summed E-state index contributed by atoms with van der Waals surface area (Å²) < 4.78 is 11.8. The van der Waals surface area contributed by atoms with Crippen molar-refractivity contribution < 1.29 is 19.7 Å². The minimum absolute atomic E-state index is 0.138. The monoisotopic (exact) mass is 352 g/mol. The van der Waals surface area contributed by atoms with E-state index in [1.165, 1.54) is 44.6 Å². The number of hydrogen-bond acceptors (Lipinski definition) is 4. The lowest BCUT2D eigenvalue weighted by atomic mass is 10.1. The second kappa shape index (κ2) is 14.0. The van der Waals surface area contributed by atoms with Crippen molar-refractivity contribution in [3.8, 4) is 11.5 Å². The Morgan fingerprint density at radius 3 is 1.80 bits per heavy atom. The maximum absolute atomic E-state index is 10.1. The van der Waals surface area contributed by atoms with Gasteiger partial charge in [0.15, 0.2) is 17.8 Å². The molecule has 0 aliphatic rings. The zero-order chi connectivity index (χ0) is 18.3. The first-order valence-corrected chi connectivity index (χ1v) is 9.94. The summed E-state index contributed by atoms with van der Waals surface area (Å²) >= 11 is 0. The zero-order valence-corrected chi connectivity index (χ0v) is 16.0. The van der Waals surface area contributed by atoms with Gasteiger partial charge in [0.05, 0.1) is 18.8 Å². The van der Waals surface area contributed by atoms with Crippen LogP contribution >= 0.6 is 0 Å². The molecule has 4 nitrogen and oxygen atoms in total. The average Bonchev–Trinajstić information content (AvgIpc) is 2.61. The summed E-state index contributed by atoms with van der Waals surface area (Å²) in [6, 6.07) is 4.91. The van der Waals surface area contributed by atoms with Crippen LogP contribution in [0.5, 0.6) is 11.5 Å². The molecule has 0 radical (unpaired) electrons. The molecule has 0 atom stereocenters. The van der Waals surface area contributed by atoms with Crippen molar-refractivity contribution in [3.63, 3.8) is 0 Å². The van der Waals surface area contributed by atoms with Crippen LogP contribution in [0.2, 0.25) is 0 Å². The van der Waals surface area contributed by atoms with Crippen LogP contribution < -0.4 is 0 Å². The summed E-state index contributed by atoms with van der Waals surface area (Å²) in [5.74, 6) is -0.287. The first-order valence-electron chi connectivity index (χ1n) is 9.94. The fourth-order valence-corrected chi connectivity index (χ4v) is 2.76. The number of unbranched alkanes of at least 4 members (excludes halogenated alkanes) is 8. The minimum atomic E-state index is -0.621. The molecule has 0 heterocycles. The van der Waals surface area contributed by atoms with Gasteiger partial charge < -0.3 is 19.7 Å². The maximum atomic E-state index is 10.1. The summed E-state index contributed by atoms with van der Waals surface area (Å²) in [4.78, 5) is 0. The largest absolute Gasteiger partial charge is 0.504 e. The van der Waals surface area contributed by atoms with E-state index in [4.69, 9.17) is 9.47 Å². The number of hydrogen-bond donors (Lipinski definition) is 2. The molecule has 0 bridgehead atoms. The highest BCUT2D eigenvalue weighted by Crippen LogP contribution is 2.35. The summed E-state index contributed by atoms with van der Waals surface area (Å²) in [7, 11) is 0. The fraction of sp³-hybridized carbons (Fsp3) is 0.714. The summed E-state index contributed by atoms with van der Waals surface area (Å²) in [6.07, 6.45) is 11.0. The number of rotatable bonds is 15. The lowest BCUT2D eigenvalue weighted by Gasteiger charge is -2.20. The number of phenolic OH excluding ortho intramolecular Hbond substituents is 2. The van der Waals surface area contributed by atoms with Crippen molar-refractivity contribution >= 4 is 0 Å². The topological polar surface area (TPSA) is 58.9 Å². The number of aromatic hydroxyl groups is 2. The van der Waals surface area contributed by atoms with Crippen LogP contribution in [0.1, 0.15) is 89.9 Å². The Bertz CT molecular complexity index is 432. The van der Waals surface area contributed by atoms with E-state index >= 15 is 0 Å². The van der Waals surface area contributed by atoms with Crippen LogP contribution in [0.4, 0.5) is 0 Å². The molecule has 25 heavy (non-hydrogen) atoms. The standard InChI is InChI=1S/C21H36O4/c1-3-5-7-9-11-16-24-21(25-17-12-10-8-6-4-2)18-14-13-15-19(22)20(18)23/h13-15,21-23H,3-12,16-17H2,1-2H3. The SMILES string of the molecule is CCCCCCCOC(OCCCCCCC)c1cccc(O)c1O. The molecule has 4 heteroatoms. The Balaban J connectivity index is 2.47. The molecule has 0 unspecified atom stereocenters. The van der Waals surface area contributed by atoms with Gasteiger partial charge >= 0.3 is 0 Å². The molecule has 1 rings (SSSR count). The van der Waals surface area contributed by atoms with E-state index in [0.717, 1.165) is 25.7 Å². The fourth-order valence-electron chi connectivity index (χ4n) is 2.76. The molecule has 0 amide bonds. The molecular formula is C21H36O4. The van der Waals surface area contributed by atoms with Crippen LogP contribution in [-0.4, -0.2) is 23.4 Å². The van der Waals surface area contributed by atoms with E-state index < -0.39 is 6.29 Å². The summed E-state index contributed by atoms with van der Waals surface area (Å²) in [6.45, 7) is 5.59. The molecule has 1 aromatic carbocycles. The highest BCUT2D eigenvalue weighted by molar-refractivity contribution is 5.44. The molecule has 0 aliphatic carbocycles. The van der Waals surface area contributed by atoms with Gasteiger partial charge in [-0.2, -0.15) is 0 Å². The maximum Gasteiger partial charge on any atom is 0.187 e. The third-order valence-corrected chi connectivity index (χ3v) is 4.33. The van der Waals surface area contributed by atoms with E-state index in [2.05, 4.69) is 13.8 Å². The molecule has 0 saturated heterocycles. The third-order valence-electron chi connectivity index (χ3n) is 4.33. The third kappa shape index (κ3) is 9.13. The quantitative estimate of drug-likeness (QED) is 0.228. The molecule has 1 aromatic rings. The lowest BCUT2D eigenvalue weighted by Crippen LogP contribution is -2.11. The van der Waals surface area contributed by atoms with Crippen LogP contribution in [-0.2, 0) is 9.47 Å². The average molecular weight is 353 g/mol. The Morgan fingerprint density at radius 2 is 1.28 bits per heavy atom. The lowest BCUT2D eigenvalue weighted by molar-refractivity contribution is -0.149. The van der Waals surface area contributed by atoms with Crippen molar-refractivity contribution in [3.05, 3.63) is 23.8 Å². The predicted molar refractivity (Wildman–Crippen MR) is 102 cm³/mol. The van der Waals surface area contributed by atoms with Gasteiger partial charge in [-0.25, -0.2) is 0 Å². The Kier molecular flexibility index (Phi) is 12.2. The molecule has 144 valence electrons. The molecule has 0 spiro atoms. The number of benzene rings is 1. The first-order chi connectivity index (χ1) is 12.2. The van der Waals surface area contributed by atoms with Gasteiger partial charge in [-0.1, -0.05) is 71.3 Å². The van der Waals surface area contributed by atoms with E-state index in [0.29, 0.717) is 18.8 Å². The van der Waals surface area contributed by atoms with Crippen molar-refractivity contribution in [2.24, 2.45) is 0 Å². The Labute approximate surface area is 153 Å². The summed E-state index contributed by atoms with van der Waals surface area (Å²) in [5, 5.41) is 19.8. The highest BCUT2D eigenvalue weighted by atomic mass is 16.7. The van der Waals surface area contributed by atoms with E-state index in [1.807, 2.05) is 0 Å². The second-order valence-electron chi connectivity index (χ2n) is 6.62. The number of para-hydroxylation sites is 1. The smallest absolute Gasteiger partial charge is 0.187 e. The normalized spacial score (nSPS) is 11.3. The molecular weight excluding hydrogens is 316 g/mol. The van der Waals surface area contributed by atoms with Crippen LogP contribution in [0, 0.1) is 0 Å². The molecule has 0 aliphatic heterocycles. The summed E-state index contributed by atoms with van der Waals surface area (Å²) in [5.41, 5.74) is 0.502. The van der Waals surface area contributed by atoms with E-state index in [9.17, 15) is 10.2 Å². The van der Waals surface area contributed by atoms with Crippen LogP contribution in [0.15, 0.2) is 18.2 Å². The second-order valence-corrected chi connectivity index (χ2v) is 6.62. The molecule has 0 fully saturated rings. The molecule has 2 N–H and O–H groups in total. The van der Waals surface area contributed by atoms with Gasteiger partial charge in [0, 0.05) is 0 Å². The van der Waals surface area contributed by atoms with Gasteiger partial charge in [0.1, 0.15) is 0 Å². The van der Waals surface area contributed by atoms with Crippen molar-refractivity contribution in [1.82, 2.24) is 0 Å². The van der Waals surface area contributed by atoms with Crippen molar-refractivity contribution in [2.75, 3.05) is 13.2 Å². The number of phenols is 2. The van der Waals surface area contributed by atoms with Gasteiger partial charge in [0.2, 0.25) is 0 Å². The Hall–Kier alpha value is -1.26. The molecule has 0 saturated carbocycles. The number of ether oxygens (including phenoxy) is 2.